The number of hydrogen-bond donors (Lipinski definition) is 1. The van der Waals surface area contributed by atoms with Crippen LogP contribution in [0.1, 0.15) is 31.4 Å². The van der Waals surface area contributed by atoms with Crippen molar-refractivity contribution >= 4 is 0 Å². The van der Waals surface area contributed by atoms with E-state index in [2.05, 4.69) is 4.74 Å². The summed E-state index contributed by atoms with van der Waals surface area (Å²) in [5.41, 5.74) is 6.74. The van der Waals surface area contributed by atoms with Crippen molar-refractivity contribution in [2.45, 2.75) is 32.0 Å². The second kappa shape index (κ2) is 8.11. The molecule has 6 heteroatoms. The van der Waals surface area contributed by atoms with Gasteiger partial charge in [0.2, 0.25) is 0 Å². The number of halogens is 3. The molecule has 1 unspecified atom stereocenters. The van der Waals surface area contributed by atoms with Crippen LogP contribution in [-0.4, -0.2) is 26.0 Å². The second-order valence-corrected chi connectivity index (χ2v) is 4.48. The largest absolute Gasteiger partial charge is 0.494 e. The highest BCUT2D eigenvalue weighted by Gasteiger charge is 2.27. The molecule has 0 heterocycles. The van der Waals surface area contributed by atoms with Crippen LogP contribution in [0, 0.1) is 0 Å². The third-order valence-electron chi connectivity index (χ3n) is 2.62. The number of hydrogen-bond acceptors (Lipinski definition) is 3. The van der Waals surface area contributed by atoms with Gasteiger partial charge in [-0.25, -0.2) is 0 Å². The molecule has 0 fully saturated rings. The molecule has 0 bridgehead atoms. The molecule has 0 aliphatic heterocycles. The highest BCUT2D eigenvalue weighted by Crippen LogP contribution is 2.19. The van der Waals surface area contributed by atoms with E-state index in [1.54, 1.807) is 12.1 Å². The smallest absolute Gasteiger partial charge is 0.411 e. The highest BCUT2D eigenvalue weighted by atomic mass is 19.4. The summed E-state index contributed by atoms with van der Waals surface area (Å²) in [6, 6.07) is 6.91. The number of alkyl halides is 3. The van der Waals surface area contributed by atoms with Crippen molar-refractivity contribution in [1.29, 1.82) is 0 Å². The van der Waals surface area contributed by atoms with E-state index < -0.39 is 12.8 Å². The Morgan fingerprint density at radius 3 is 2.35 bits per heavy atom. The molecule has 0 saturated heterocycles. The van der Waals surface area contributed by atoms with Crippen molar-refractivity contribution in [2.24, 2.45) is 5.73 Å². The first-order valence-electron chi connectivity index (χ1n) is 6.55. The molecule has 3 nitrogen and oxygen atoms in total. The molecule has 0 spiro atoms. The molecular weight excluding hydrogens is 271 g/mol. The van der Waals surface area contributed by atoms with Crippen LogP contribution >= 0.6 is 0 Å². The molecule has 114 valence electrons. The monoisotopic (exact) mass is 291 g/mol. The van der Waals surface area contributed by atoms with E-state index in [1.165, 1.54) is 0 Å². The molecular formula is C14H20F3NO2. The molecule has 0 aliphatic rings. The quantitative estimate of drug-likeness (QED) is 0.746. The lowest BCUT2D eigenvalue weighted by atomic mass is 10.1. The second-order valence-electron chi connectivity index (χ2n) is 4.48. The van der Waals surface area contributed by atoms with Gasteiger partial charge in [-0.1, -0.05) is 19.1 Å². The van der Waals surface area contributed by atoms with Gasteiger partial charge in [0.25, 0.3) is 0 Å². The topological polar surface area (TPSA) is 44.5 Å². The third kappa shape index (κ3) is 6.77. The first kappa shape index (κ1) is 16.8. The van der Waals surface area contributed by atoms with Crippen LogP contribution in [0.15, 0.2) is 24.3 Å². The molecule has 1 aromatic carbocycles. The van der Waals surface area contributed by atoms with E-state index in [-0.39, 0.29) is 12.6 Å². The molecule has 0 amide bonds. The SMILES string of the molecule is CCCOc1ccc(C(N)CCOCC(F)(F)F)cc1. The van der Waals surface area contributed by atoms with Crippen LogP contribution < -0.4 is 10.5 Å². The molecule has 1 aromatic rings. The molecule has 1 atom stereocenters. The molecule has 2 N–H and O–H groups in total. The van der Waals surface area contributed by atoms with Crippen LogP contribution in [0.3, 0.4) is 0 Å². The summed E-state index contributed by atoms with van der Waals surface area (Å²) in [6.45, 7) is 1.42. The Morgan fingerprint density at radius 1 is 1.15 bits per heavy atom. The Labute approximate surface area is 116 Å². The Morgan fingerprint density at radius 2 is 1.80 bits per heavy atom. The van der Waals surface area contributed by atoms with Gasteiger partial charge >= 0.3 is 6.18 Å². The van der Waals surface area contributed by atoms with Crippen molar-refractivity contribution in [3.8, 4) is 5.75 Å². The fraction of sp³-hybridized carbons (Fsp3) is 0.571. The number of rotatable bonds is 8. The third-order valence-corrected chi connectivity index (χ3v) is 2.62. The zero-order valence-corrected chi connectivity index (χ0v) is 11.5. The predicted octanol–water partition coefficient (Wildman–Crippen LogP) is 3.44. The van der Waals surface area contributed by atoms with Crippen LogP contribution in [0.5, 0.6) is 5.75 Å². The fourth-order valence-electron chi connectivity index (χ4n) is 1.60. The van der Waals surface area contributed by atoms with Crippen molar-refractivity contribution in [2.75, 3.05) is 19.8 Å². The summed E-state index contributed by atoms with van der Waals surface area (Å²) in [4.78, 5) is 0. The normalized spacial score (nSPS) is 13.2. The van der Waals surface area contributed by atoms with E-state index in [4.69, 9.17) is 10.5 Å². The van der Waals surface area contributed by atoms with Crippen LogP contribution in [0.2, 0.25) is 0 Å². The zero-order valence-electron chi connectivity index (χ0n) is 11.5. The van der Waals surface area contributed by atoms with E-state index in [9.17, 15) is 13.2 Å². The van der Waals surface area contributed by atoms with Gasteiger partial charge in [0.05, 0.1) is 6.61 Å². The van der Waals surface area contributed by atoms with Gasteiger partial charge in [-0.2, -0.15) is 13.2 Å². The van der Waals surface area contributed by atoms with Crippen molar-refractivity contribution in [1.82, 2.24) is 0 Å². The van der Waals surface area contributed by atoms with Crippen molar-refractivity contribution in [3.05, 3.63) is 29.8 Å². The Bertz CT molecular complexity index is 379. The standard InChI is InChI=1S/C14H20F3NO2/c1-2-8-20-12-5-3-11(4-6-12)13(18)7-9-19-10-14(15,16)17/h3-6,13H,2,7-10,18H2,1H3. The Balaban J connectivity index is 2.34. The minimum absolute atomic E-state index is 0.0191. The van der Waals surface area contributed by atoms with Gasteiger partial charge in [0, 0.05) is 12.6 Å². The number of benzene rings is 1. The van der Waals surface area contributed by atoms with Gasteiger partial charge < -0.3 is 15.2 Å². The molecule has 0 radical (unpaired) electrons. The van der Waals surface area contributed by atoms with Gasteiger partial charge in [0.1, 0.15) is 12.4 Å². The van der Waals surface area contributed by atoms with Crippen LogP contribution in [0.25, 0.3) is 0 Å². The number of nitrogens with two attached hydrogens (primary N) is 1. The molecule has 0 aromatic heterocycles. The van der Waals surface area contributed by atoms with E-state index in [0.717, 1.165) is 17.7 Å². The lowest BCUT2D eigenvalue weighted by molar-refractivity contribution is -0.174. The lowest BCUT2D eigenvalue weighted by Gasteiger charge is -2.14. The number of ether oxygens (including phenoxy) is 2. The summed E-state index contributed by atoms with van der Waals surface area (Å²) in [5, 5.41) is 0. The molecule has 20 heavy (non-hydrogen) atoms. The maximum atomic E-state index is 11.9. The summed E-state index contributed by atoms with van der Waals surface area (Å²) in [5.74, 6) is 0.760. The van der Waals surface area contributed by atoms with Crippen molar-refractivity contribution in [3.63, 3.8) is 0 Å². The Hall–Kier alpha value is -1.27. The predicted molar refractivity (Wildman–Crippen MR) is 70.6 cm³/mol. The van der Waals surface area contributed by atoms with Crippen LogP contribution in [0.4, 0.5) is 13.2 Å². The van der Waals surface area contributed by atoms with Crippen molar-refractivity contribution < 1.29 is 22.6 Å². The van der Waals surface area contributed by atoms with E-state index in [0.29, 0.717) is 13.0 Å². The maximum absolute atomic E-state index is 11.9. The molecule has 1 rings (SSSR count). The van der Waals surface area contributed by atoms with E-state index >= 15 is 0 Å². The maximum Gasteiger partial charge on any atom is 0.411 e. The Kier molecular flexibility index (Phi) is 6.81. The lowest BCUT2D eigenvalue weighted by Crippen LogP contribution is -2.19. The van der Waals surface area contributed by atoms with Gasteiger partial charge in [-0.15, -0.1) is 0 Å². The van der Waals surface area contributed by atoms with Gasteiger partial charge in [0.15, 0.2) is 0 Å². The minimum atomic E-state index is -4.29. The fourth-order valence-corrected chi connectivity index (χ4v) is 1.60. The van der Waals surface area contributed by atoms with Gasteiger partial charge in [-0.3, -0.25) is 0 Å². The molecule has 0 aliphatic carbocycles. The zero-order chi connectivity index (χ0) is 15.0. The first-order chi connectivity index (χ1) is 9.42. The highest BCUT2D eigenvalue weighted by molar-refractivity contribution is 5.29. The molecule has 0 saturated carbocycles. The van der Waals surface area contributed by atoms with Gasteiger partial charge in [-0.05, 0) is 30.5 Å². The summed E-state index contributed by atoms with van der Waals surface area (Å²) < 4.78 is 45.6. The average Bonchev–Trinajstić information content (AvgIpc) is 2.40. The minimum Gasteiger partial charge on any atom is -0.494 e. The van der Waals surface area contributed by atoms with Crippen LogP contribution in [-0.2, 0) is 4.74 Å². The average molecular weight is 291 g/mol. The van der Waals surface area contributed by atoms with E-state index in [1.807, 2.05) is 19.1 Å². The summed E-state index contributed by atoms with van der Waals surface area (Å²) >= 11 is 0. The summed E-state index contributed by atoms with van der Waals surface area (Å²) in [6.07, 6.45) is -3.02. The summed E-state index contributed by atoms with van der Waals surface area (Å²) in [7, 11) is 0. The first-order valence-corrected chi connectivity index (χ1v) is 6.55.